The number of aryl methyl sites for hydroxylation is 1. The number of carbonyl (C=O) groups excluding carboxylic acids is 1. The molecular weight excluding hydrogens is 266 g/mol. The summed E-state index contributed by atoms with van der Waals surface area (Å²) in [6.45, 7) is 4.96. The maximum absolute atomic E-state index is 12.2. The number of hydrogen-bond donors (Lipinski definition) is 3. The second-order valence-electron chi connectivity index (χ2n) is 4.42. The molecule has 0 spiro atoms. The van der Waals surface area contributed by atoms with Gasteiger partial charge in [0.25, 0.3) is 0 Å². The molecule has 7 heteroatoms. The Kier molecular flexibility index (Phi) is 4.54. The van der Waals surface area contributed by atoms with Gasteiger partial charge in [0, 0.05) is 12.7 Å². The monoisotopic (exact) mass is 285 g/mol. The Bertz CT molecular complexity index is 596. The summed E-state index contributed by atoms with van der Waals surface area (Å²) in [6.07, 6.45) is 0. The van der Waals surface area contributed by atoms with Gasteiger partial charge in [-0.05, 0) is 44.0 Å². The molecule has 0 aromatic heterocycles. The predicted octanol–water partition coefficient (Wildman–Crippen LogP) is 0.298. The van der Waals surface area contributed by atoms with E-state index < -0.39 is 22.0 Å². The lowest BCUT2D eigenvalue weighted by atomic mass is 10.1. The van der Waals surface area contributed by atoms with Crippen LogP contribution in [-0.4, -0.2) is 27.4 Å². The third kappa shape index (κ3) is 3.45. The van der Waals surface area contributed by atoms with Crippen LogP contribution in [0.5, 0.6) is 0 Å². The summed E-state index contributed by atoms with van der Waals surface area (Å²) < 4.78 is 26.8. The molecule has 1 atom stereocenters. The Labute approximate surface area is 113 Å². The van der Waals surface area contributed by atoms with Crippen molar-refractivity contribution in [2.75, 3.05) is 12.8 Å². The van der Waals surface area contributed by atoms with Crippen molar-refractivity contribution in [1.29, 1.82) is 0 Å². The normalized spacial score (nSPS) is 13.1. The predicted molar refractivity (Wildman–Crippen MR) is 74.2 cm³/mol. The molecule has 1 amide bonds. The Morgan fingerprint density at radius 1 is 1.32 bits per heavy atom. The van der Waals surface area contributed by atoms with Crippen molar-refractivity contribution in [3.05, 3.63) is 23.3 Å². The highest BCUT2D eigenvalue weighted by Crippen LogP contribution is 2.22. The van der Waals surface area contributed by atoms with Crippen molar-refractivity contribution in [3.63, 3.8) is 0 Å². The molecule has 0 saturated carbocycles. The fourth-order valence-corrected chi connectivity index (χ4v) is 3.25. The second-order valence-corrected chi connectivity index (χ2v) is 6.10. The van der Waals surface area contributed by atoms with Crippen LogP contribution in [0.3, 0.4) is 0 Å². The number of carbonyl (C=O) groups is 1. The molecule has 106 valence electrons. The zero-order chi connectivity index (χ0) is 14.8. The highest BCUT2D eigenvalue weighted by atomic mass is 32.2. The van der Waals surface area contributed by atoms with E-state index in [9.17, 15) is 13.2 Å². The lowest BCUT2D eigenvalue weighted by Crippen LogP contribution is -2.43. The number of benzene rings is 1. The van der Waals surface area contributed by atoms with Gasteiger partial charge < -0.3 is 11.1 Å². The zero-order valence-electron chi connectivity index (χ0n) is 11.4. The van der Waals surface area contributed by atoms with Gasteiger partial charge in [-0.1, -0.05) is 0 Å². The van der Waals surface area contributed by atoms with E-state index in [-0.39, 0.29) is 4.90 Å². The maximum Gasteiger partial charge on any atom is 0.241 e. The van der Waals surface area contributed by atoms with Gasteiger partial charge in [0.1, 0.15) is 0 Å². The van der Waals surface area contributed by atoms with Crippen LogP contribution >= 0.6 is 0 Å². The fraction of sp³-hybridized carbons (Fsp3) is 0.417. The second kappa shape index (κ2) is 5.58. The first-order valence-corrected chi connectivity index (χ1v) is 7.28. The molecule has 1 unspecified atom stereocenters. The molecule has 0 aliphatic heterocycles. The van der Waals surface area contributed by atoms with Crippen molar-refractivity contribution < 1.29 is 13.2 Å². The zero-order valence-corrected chi connectivity index (χ0v) is 12.3. The first kappa shape index (κ1) is 15.5. The first-order valence-electron chi connectivity index (χ1n) is 5.79. The van der Waals surface area contributed by atoms with E-state index in [0.29, 0.717) is 11.3 Å². The third-order valence-corrected chi connectivity index (χ3v) is 4.57. The summed E-state index contributed by atoms with van der Waals surface area (Å²) >= 11 is 0. The van der Waals surface area contributed by atoms with E-state index in [1.54, 1.807) is 19.9 Å². The number of rotatable bonds is 4. The van der Waals surface area contributed by atoms with Gasteiger partial charge >= 0.3 is 0 Å². The van der Waals surface area contributed by atoms with Gasteiger partial charge in [-0.3, -0.25) is 4.79 Å². The van der Waals surface area contributed by atoms with E-state index in [4.69, 9.17) is 5.73 Å². The highest BCUT2D eigenvalue weighted by molar-refractivity contribution is 7.89. The Hall–Kier alpha value is -1.60. The number of nitrogens with two attached hydrogens (primary N) is 1. The van der Waals surface area contributed by atoms with Crippen molar-refractivity contribution >= 4 is 21.6 Å². The van der Waals surface area contributed by atoms with Crippen LogP contribution in [-0.2, 0) is 14.8 Å². The minimum Gasteiger partial charge on any atom is -0.399 e. The number of amides is 1. The fourth-order valence-electron chi connectivity index (χ4n) is 1.70. The van der Waals surface area contributed by atoms with E-state index >= 15 is 0 Å². The minimum atomic E-state index is -3.78. The van der Waals surface area contributed by atoms with E-state index in [1.807, 2.05) is 0 Å². The Morgan fingerprint density at radius 3 is 2.42 bits per heavy atom. The Morgan fingerprint density at radius 2 is 1.89 bits per heavy atom. The average Bonchev–Trinajstić information content (AvgIpc) is 2.31. The van der Waals surface area contributed by atoms with Crippen LogP contribution < -0.4 is 15.8 Å². The summed E-state index contributed by atoms with van der Waals surface area (Å²) in [6, 6.07) is 2.24. The number of sulfonamides is 1. The average molecular weight is 285 g/mol. The molecular formula is C12H19N3O3S. The summed E-state index contributed by atoms with van der Waals surface area (Å²) in [5, 5.41) is 2.39. The van der Waals surface area contributed by atoms with Gasteiger partial charge in [-0.15, -0.1) is 0 Å². The first-order chi connectivity index (χ1) is 8.69. The molecule has 0 bridgehead atoms. The molecule has 0 fully saturated rings. The van der Waals surface area contributed by atoms with Crippen LogP contribution in [0, 0.1) is 13.8 Å². The summed E-state index contributed by atoms with van der Waals surface area (Å²) in [5.74, 6) is -0.401. The van der Waals surface area contributed by atoms with E-state index in [0.717, 1.165) is 5.56 Å². The summed E-state index contributed by atoms with van der Waals surface area (Å²) in [5.41, 5.74) is 7.44. The van der Waals surface area contributed by atoms with Gasteiger partial charge in [-0.25, -0.2) is 8.42 Å². The van der Waals surface area contributed by atoms with Gasteiger partial charge in [0.2, 0.25) is 15.9 Å². The van der Waals surface area contributed by atoms with Crippen LogP contribution in [0.4, 0.5) is 5.69 Å². The topological polar surface area (TPSA) is 101 Å². The highest BCUT2D eigenvalue weighted by Gasteiger charge is 2.23. The third-order valence-electron chi connectivity index (χ3n) is 2.90. The number of nitrogens with one attached hydrogen (secondary N) is 2. The van der Waals surface area contributed by atoms with E-state index in [2.05, 4.69) is 10.0 Å². The molecule has 1 aromatic carbocycles. The minimum absolute atomic E-state index is 0.0979. The molecule has 0 heterocycles. The van der Waals surface area contributed by atoms with Crippen molar-refractivity contribution in [2.24, 2.45) is 0 Å². The molecule has 0 aliphatic rings. The number of hydrogen-bond acceptors (Lipinski definition) is 4. The Balaban J connectivity index is 3.18. The molecule has 0 radical (unpaired) electrons. The van der Waals surface area contributed by atoms with Crippen LogP contribution in [0.15, 0.2) is 17.0 Å². The molecule has 1 rings (SSSR count). The van der Waals surface area contributed by atoms with Crippen molar-refractivity contribution in [3.8, 4) is 0 Å². The molecule has 0 saturated heterocycles. The molecule has 4 N–H and O–H groups in total. The standard InChI is InChI=1S/C12H19N3O3S/c1-7-5-10(13)6-11(8(7)2)19(17,18)15-9(3)12(16)14-4/h5-6,9,15H,13H2,1-4H3,(H,14,16). The number of nitrogen functional groups attached to an aromatic ring is 1. The largest absolute Gasteiger partial charge is 0.399 e. The van der Waals surface area contributed by atoms with Crippen LogP contribution in [0.1, 0.15) is 18.1 Å². The molecule has 1 aromatic rings. The number of anilines is 1. The lowest BCUT2D eigenvalue weighted by molar-refractivity contribution is -0.121. The van der Waals surface area contributed by atoms with Crippen molar-refractivity contribution in [2.45, 2.75) is 31.7 Å². The SMILES string of the molecule is CNC(=O)C(C)NS(=O)(=O)c1cc(N)cc(C)c1C. The molecule has 6 nitrogen and oxygen atoms in total. The van der Waals surface area contributed by atoms with Gasteiger partial charge in [0.15, 0.2) is 0 Å². The van der Waals surface area contributed by atoms with E-state index in [1.165, 1.54) is 20.0 Å². The van der Waals surface area contributed by atoms with Crippen molar-refractivity contribution in [1.82, 2.24) is 10.0 Å². The molecule has 19 heavy (non-hydrogen) atoms. The lowest BCUT2D eigenvalue weighted by Gasteiger charge is -2.15. The molecule has 0 aliphatic carbocycles. The van der Waals surface area contributed by atoms with Gasteiger partial charge in [0.05, 0.1) is 10.9 Å². The summed E-state index contributed by atoms with van der Waals surface area (Å²) in [7, 11) is -2.33. The maximum atomic E-state index is 12.2. The van der Waals surface area contributed by atoms with Gasteiger partial charge in [-0.2, -0.15) is 4.72 Å². The summed E-state index contributed by atoms with van der Waals surface area (Å²) in [4.78, 5) is 11.5. The van der Waals surface area contributed by atoms with Crippen LogP contribution in [0.2, 0.25) is 0 Å². The smallest absolute Gasteiger partial charge is 0.241 e. The number of likely N-dealkylation sites (N-methyl/N-ethyl adjacent to an activating group) is 1. The van der Waals surface area contributed by atoms with Crippen LogP contribution in [0.25, 0.3) is 0 Å². The quantitative estimate of drug-likeness (QED) is 0.692.